The third-order valence-corrected chi connectivity index (χ3v) is 7.01. The number of hydrogen-bond acceptors (Lipinski definition) is 8. The molecule has 2 heterocycles. The second kappa shape index (κ2) is 15.4. The van der Waals surface area contributed by atoms with E-state index in [1.54, 1.807) is 20.8 Å². The maximum absolute atomic E-state index is 16.9. The van der Waals surface area contributed by atoms with E-state index in [0.29, 0.717) is 17.2 Å². The molecule has 3 unspecified atom stereocenters. The fourth-order valence-corrected chi connectivity index (χ4v) is 4.71. The summed E-state index contributed by atoms with van der Waals surface area (Å²) in [6.45, 7) is 2.53. The quantitative estimate of drug-likeness (QED) is 0.0349. The minimum Gasteiger partial charge on any atom is -0.484 e. The number of carbonyl (C=O) groups is 1. The van der Waals surface area contributed by atoms with E-state index in [0.717, 1.165) is 30.7 Å². The monoisotopic (exact) mass is 714 g/mol. The Morgan fingerprint density at radius 2 is 1.72 bits per heavy atom. The van der Waals surface area contributed by atoms with Crippen LogP contribution in [0.25, 0.3) is 11.1 Å². The molecule has 1 aliphatic rings. The topological polar surface area (TPSA) is 145 Å². The highest BCUT2D eigenvalue weighted by molar-refractivity contribution is 5.67. The Morgan fingerprint density at radius 1 is 1.02 bits per heavy atom. The van der Waals surface area contributed by atoms with Crippen LogP contribution in [0.4, 0.5) is 35.5 Å². The predicted octanol–water partition coefficient (Wildman–Crippen LogP) is 6.97. The van der Waals surface area contributed by atoms with Crippen molar-refractivity contribution >= 4 is 12.4 Å². The van der Waals surface area contributed by atoms with Gasteiger partial charge in [0.15, 0.2) is 18.5 Å². The number of amides is 1. The Labute approximate surface area is 281 Å². The maximum Gasteiger partial charge on any atom is 0.422 e. The maximum atomic E-state index is 16.9. The number of halogens is 7. The zero-order valence-electron chi connectivity index (χ0n) is 26.9. The van der Waals surface area contributed by atoms with Crippen molar-refractivity contribution in [1.82, 2.24) is 10.3 Å². The minimum absolute atomic E-state index is 0.0151. The first-order valence-corrected chi connectivity index (χ1v) is 14.9. The largest absolute Gasteiger partial charge is 0.484 e. The van der Waals surface area contributed by atoms with Gasteiger partial charge in [-0.1, -0.05) is 23.4 Å². The van der Waals surface area contributed by atoms with Crippen molar-refractivity contribution in [3.63, 3.8) is 0 Å². The molecule has 0 radical (unpaired) electrons. The number of hydrogen-bond donors (Lipinski definition) is 2. The van der Waals surface area contributed by atoms with Crippen molar-refractivity contribution < 1.29 is 54.5 Å². The van der Waals surface area contributed by atoms with E-state index >= 15 is 13.2 Å². The second-order valence-corrected chi connectivity index (χ2v) is 12.0. The summed E-state index contributed by atoms with van der Waals surface area (Å²) in [4.78, 5) is 19.7. The number of rotatable bonds is 14. The zero-order valence-corrected chi connectivity index (χ0v) is 26.9. The fraction of sp³-hybridized carbons (Fsp3) is 0.406. The van der Waals surface area contributed by atoms with Crippen molar-refractivity contribution in [1.29, 1.82) is 0 Å². The lowest BCUT2D eigenvalue weighted by molar-refractivity contribution is -0.239. The van der Waals surface area contributed by atoms with Gasteiger partial charge in [-0.3, -0.25) is 9.98 Å². The number of epoxide rings is 1. The van der Waals surface area contributed by atoms with E-state index in [1.807, 2.05) is 0 Å². The average molecular weight is 715 g/mol. The third kappa shape index (κ3) is 9.87. The van der Waals surface area contributed by atoms with Crippen LogP contribution in [0.3, 0.4) is 0 Å². The first kappa shape index (κ1) is 38.0. The second-order valence-electron chi connectivity index (χ2n) is 12.0. The molecule has 50 heavy (non-hydrogen) atoms. The molecule has 0 spiro atoms. The average Bonchev–Trinajstić information content (AvgIpc) is 3.77. The van der Waals surface area contributed by atoms with Crippen LogP contribution in [0, 0.1) is 11.6 Å². The van der Waals surface area contributed by atoms with Crippen LogP contribution in [-0.2, 0) is 25.7 Å². The smallest absolute Gasteiger partial charge is 0.422 e. The number of carbonyl (C=O) groups excluding carboxylic acids is 1. The number of alkyl carbamates (subject to hydrolysis) is 1. The lowest BCUT2D eigenvalue weighted by Gasteiger charge is -2.39. The number of benzene rings is 2. The van der Waals surface area contributed by atoms with Crippen molar-refractivity contribution in [2.45, 2.75) is 62.9 Å². The number of pyridine rings is 1. The van der Waals surface area contributed by atoms with Crippen LogP contribution in [-0.4, -0.2) is 61.3 Å². The van der Waals surface area contributed by atoms with Crippen LogP contribution >= 0.6 is 0 Å². The predicted molar refractivity (Wildman–Crippen MR) is 164 cm³/mol. The van der Waals surface area contributed by atoms with Gasteiger partial charge in [-0.15, -0.1) is 5.11 Å². The van der Waals surface area contributed by atoms with Crippen molar-refractivity contribution in [2.75, 3.05) is 19.7 Å². The minimum atomic E-state index is -4.54. The van der Waals surface area contributed by atoms with Crippen LogP contribution in [0.1, 0.15) is 38.4 Å². The molecule has 3 aromatic rings. The molecule has 1 aliphatic heterocycles. The Kier molecular flexibility index (Phi) is 11.7. The summed E-state index contributed by atoms with van der Waals surface area (Å²) in [6, 6.07) is 9.52. The highest BCUT2D eigenvalue weighted by Gasteiger charge is 2.63. The molecule has 1 saturated heterocycles. The molecule has 270 valence electrons. The highest BCUT2D eigenvalue weighted by atomic mass is 19.4. The molecular weight excluding hydrogens is 681 g/mol. The molecule has 0 bridgehead atoms. The van der Waals surface area contributed by atoms with Gasteiger partial charge < -0.3 is 30.1 Å². The van der Waals surface area contributed by atoms with Crippen molar-refractivity contribution in [3.8, 4) is 16.9 Å². The Hall–Kier alpha value is -4.84. The van der Waals surface area contributed by atoms with Gasteiger partial charge in [0, 0.05) is 29.9 Å². The number of alkyl halides is 5. The van der Waals surface area contributed by atoms with Gasteiger partial charge in [0.25, 0.3) is 0 Å². The number of aromatic nitrogens is 1. The molecule has 3 N–H and O–H groups in total. The molecule has 11 nitrogen and oxygen atoms in total. The zero-order chi connectivity index (χ0) is 36.7. The molecule has 1 aromatic heterocycles. The summed E-state index contributed by atoms with van der Waals surface area (Å²) in [5.74, 6) is -1.72. The summed E-state index contributed by atoms with van der Waals surface area (Å²) in [5, 5.41) is 8.81. The van der Waals surface area contributed by atoms with Crippen LogP contribution in [0.15, 0.2) is 76.1 Å². The number of nitrogens with one attached hydrogen (secondary N) is 1. The Bertz CT molecular complexity index is 1670. The SMILES string of the molecule is CC(C)(C)OC(=O)NCCC1OC1OC(CN=CN=NN)(c1ccc(F)cc1F)C(F)(F)c1ccc(-c2ccc(OCC(F)(F)F)cc2)cn1. The van der Waals surface area contributed by atoms with E-state index in [4.69, 9.17) is 20.1 Å². The fourth-order valence-electron chi connectivity index (χ4n) is 4.71. The number of aliphatic imine (C=N–C) groups is 1. The lowest BCUT2D eigenvalue weighted by Crippen LogP contribution is -2.50. The van der Waals surface area contributed by atoms with E-state index in [-0.39, 0.29) is 18.7 Å². The summed E-state index contributed by atoms with van der Waals surface area (Å²) in [6.07, 6.45) is -5.52. The molecule has 4 rings (SSSR count). The molecule has 18 heteroatoms. The molecule has 0 saturated carbocycles. The Balaban J connectivity index is 1.64. The van der Waals surface area contributed by atoms with Crippen LogP contribution < -0.4 is 15.9 Å². The number of ether oxygens (including phenoxy) is 4. The standard InChI is InChI=1S/C32H33F7N6O5/c1-29(2,3)50-28(46)42-13-12-25-27(48-25)49-30(16-41-18-44-45-40,23-10-7-21(33)14-24(23)34)32(38,39)26-11-6-20(15-43-26)19-4-8-22(9-5-19)47-17-31(35,36)37/h4-11,14-15,18,25,27H,12-13,16-17H2,1-3H3,(H,42,46)(H2,40,41,44). The van der Waals surface area contributed by atoms with Crippen molar-refractivity contribution in [3.05, 3.63) is 83.7 Å². The van der Waals surface area contributed by atoms with Gasteiger partial charge in [0.05, 0.1) is 6.54 Å². The lowest BCUT2D eigenvalue weighted by atomic mass is 9.84. The first-order valence-electron chi connectivity index (χ1n) is 14.9. The summed E-state index contributed by atoms with van der Waals surface area (Å²) < 4.78 is 122. The molecular formula is C32H33F7N6O5. The highest BCUT2D eigenvalue weighted by Crippen LogP contribution is 2.51. The van der Waals surface area contributed by atoms with Gasteiger partial charge >= 0.3 is 18.2 Å². The molecule has 1 fully saturated rings. The van der Waals surface area contributed by atoms with E-state index in [2.05, 4.69) is 30.4 Å². The van der Waals surface area contributed by atoms with Gasteiger partial charge in [-0.25, -0.2) is 13.6 Å². The summed E-state index contributed by atoms with van der Waals surface area (Å²) >= 11 is 0. The molecule has 3 atom stereocenters. The summed E-state index contributed by atoms with van der Waals surface area (Å²) in [5.41, 5.74) is -4.76. The van der Waals surface area contributed by atoms with Gasteiger partial charge in [0.1, 0.15) is 41.1 Å². The summed E-state index contributed by atoms with van der Waals surface area (Å²) in [7, 11) is 0. The van der Waals surface area contributed by atoms with Gasteiger partial charge in [-0.2, -0.15) is 22.0 Å². The van der Waals surface area contributed by atoms with Gasteiger partial charge in [-0.05, 0) is 63.1 Å². The number of nitrogens with two attached hydrogens (primary N) is 1. The number of nitrogens with zero attached hydrogens (tertiary/aromatic N) is 4. The Morgan fingerprint density at radius 3 is 2.32 bits per heavy atom. The van der Waals surface area contributed by atoms with E-state index < -0.39 is 77.8 Å². The first-order chi connectivity index (χ1) is 23.4. The third-order valence-electron chi connectivity index (χ3n) is 7.01. The molecule has 2 aromatic carbocycles. The van der Waals surface area contributed by atoms with Crippen LogP contribution in [0.5, 0.6) is 5.75 Å². The van der Waals surface area contributed by atoms with Gasteiger partial charge in [0.2, 0.25) is 0 Å². The van der Waals surface area contributed by atoms with Crippen LogP contribution in [0.2, 0.25) is 0 Å². The normalized spacial score (nSPS) is 17.9. The van der Waals surface area contributed by atoms with E-state index in [9.17, 15) is 22.4 Å². The van der Waals surface area contributed by atoms with E-state index in [1.165, 1.54) is 30.3 Å². The molecule has 1 amide bonds. The molecule has 0 aliphatic carbocycles. The van der Waals surface area contributed by atoms with Crippen molar-refractivity contribution in [2.24, 2.45) is 21.2 Å².